The van der Waals surface area contributed by atoms with Gasteiger partial charge in [-0.2, -0.15) is 4.98 Å². The van der Waals surface area contributed by atoms with E-state index in [-0.39, 0.29) is 23.0 Å². The van der Waals surface area contributed by atoms with Crippen LogP contribution in [-0.4, -0.2) is 39.6 Å². The Balaban J connectivity index is 1.67. The lowest BCUT2D eigenvalue weighted by Crippen LogP contribution is -2.15. The molecule has 0 atom stereocenters. The zero-order valence-corrected chi connectivity index (χ0v) is 17.7. The van der Waals surface area contributed by atoms with E-state index in [4.69, 9.17) is 21.1 Å². The molecule has 0 radical (unpaired) electrons. The third-order valence-electron chi connectivity index (χ3n) is 4.39. The fraction of sp³-hybridized carbons (Fsp3) is 0.105. The fourth-order valence-corrected chi connectivity index (χ4v) is 3.88. The van der Waals surface area contributed by atoms with Gasteiger partial charge in [-0.3, -0.25) is 20.2 Å². The Bertz CT molecular complexity index is 1300. The van der Waals surface area contributed by atoms with E-state index in [1.54, 1.807) is 16.6 Å². The molecule has 0 fully saturated rings. The van der Waals surface area contributed by atoms with Gasteiger partial charge in [-0.25, -0.2) is 4.52 Å². The molecule has 158 valence electrons. The van der Waals surface area contributed by atoms with Crippen LogP contribution >= 0.6 is 22.9 Å². The first-order valence-corrected chi connectivity index (χ1v) is 9.99. The average molecular weight is 460 g/mol. The number of nitro groups is 1. The van der Waals surface area contributed by atoms with E-state index in [2.05, 4.69) is 15.4 Å². The van der Waals surface area contributed by atoms with Crippen molar-refractivity contribution >= 4 is 45.4 Å². The van der Waals surface area contributed by atoms with Gasteiger partial charge in [0.15, 0.2) is 11.5 Å². The Morgan fingerprint density at radius 3 is 2.52 bits per heavy atom. The minimum atomic E-state index is -0.751. The molecule has 2 aromatic carbocycles. The SMILES string of the molecule is COc1cc(C(=O)Nc2nc3scc(-c4ccc(Cl)cc4)n3n2)c([N+](=O)[O-])cc1OC. The van der Waals surface area contributed by atoms with E-state index < -0.39 is 16.5 Å². The molecule has 1 N–H and O–H groups in total. The number of thiazole rings is 1. The first-order valence-electron chi connectivity index (χ1n) is 8.73. The number of amides is 1. The van der Waals surface area contributed by atoms with Gasteiger partial charge in [-0.1, -0.05) is 23.7 Å². The van der Waals surface area contributed by atoms with Crippen molar-refractivity contribution in [2.45, 2.75) is 0 Å². The largest absolute Gasteiger partial charge is 0.493 e. The van der Waals surface area contributed by atoms with Crippen LogP contribution in [0.3, 0.4) is 0 Å². The van der Waals surface area contributed by atoms with Gasteiger partial charge < -0.3 is 9.47 Å². The Kier molecular flexibility index (Phi) is 5.44. The zero-order chi connectivity index (χ0) is 22.1. The standard InChI is InChI=1S/C19H14ClN5O5S/c1-29-15-7-12(13(25(27)28)8-16(15)30-2)17(26)21-18-22-19-24(23-18)14(9-31-19)10-3-5-11(20)6-4-10/h3-9H,1-2H3,(H,21,23,26). The number of nitrogens with zero attached hydrogens (tertiary/aromatic N) is 4. The summed E-state index contributed by atoms with van der Waals surface area (Å²) in [6, 6.07) is 9.58. The molecule has 0 aliphatic heterocycles. The number of benzene rings is 2. The average Bonchev–Trinajstić information content (AvgIpc) is 3.33. The van der Waals surface area contributed by atoms with E-state index in [0.29, 0.717) is 9.98 Å². The molecular formula is C19H14ClN5O5S. The number of fused-ring (bicyclic) bond motifs is 1. The Morgan fingerprint density at radius 1 is 1.19 bits per heavy atom. The van der Waals surface area contributed by atoms with Crippen molar-refractivity contribution in [2.24, 2.45) is 0 Å². The molecule has 4 aromatic rings. The highest BCUT2D eigenvalue weighted by Crippen LogP contribution is 2.35. The van der Waals surface area contributed by atoms with Crippen LogP contribution in [0.4, 0.5) is 11.6 Å². The van der Waals surface area contributed by atoms with Gasteiger partial charge in [0.1, 0.15) is 5.56 Å². The molecule has 0 bridgehead atoms. The van der Waals surface area contributed by atoms with E-state index in [0.717, 1.165) is 17.3 Å². The van der Waals surface area contributed by atoms with Crippen LogP contribution in [0.1, 0.15) is 10.4 Å². The normalized spacial score (nSPS) is 10.8. The second-order valence-electron chi connectivity index (χ2n) is 6.19. The van der Waals surface area contributed by atoms with Gasteiger partial charge in [0.25, 0.3) is 17.5 Å². The lowest BCUT2D eigenvalue weighted by Gasteiger charge is -2.10. The van der Waals surface area contributed by atoms with Crippen molar-refractivity contribution < 1.29 is 19.2 Å². The van der Waals surface area contributed by atoms with Crippen molar-refractivity contribution in [3.63, 3.8) is 0 Å². The van der Waals surface area contributed by atoms with Gasteiger partial charge in [0.2, 0.25) is 4.96 Å². The summed E-state index contributed by atoms with van der Waals surface area (Å²) in [4.78, 5) is 28.4. The number of nitrogens with one attached hydrogen (secondary N) is 1. The van der Waals surface area contributed by atoms with Crippen molar-refractivity contribution in [1.29, 1.82) is 0 Å². The van der Waals surface area contributed by atoms with Crippen LogP contribution in [0, 0.1) is 10.1 Å². The maximum Gasteiger partial charge on any atom is 0.286 e. The summed E-state index contributed by atoms with van der Waals surface area (Å²) in [6.45, 7) is 0. The molecule has 31 heavy (non-hydrogen) atoms. The van der Waals surface area contributed by atoms with E-state index in [1.807, 2.05) is 17.5 Å². The molecule has 2 heterocycles. The Morgan fingerprint density at radius 2 is 1.87 bits per heavy atom. The van der Waals surface area contributed by atoms with Crippen LogP contribution in [0.5, 0.6) is 11.5 Å². The molecule has 4 rings (SSSR count). The maximum absolute atomic E-state index is 12.8. The summed E-state index contributed by atoms with van der Waals surface area (Å²) >= 11 is 7.28. The third kappa shape index (κ3) is 3.88. The number of rotatable bonds is 6. The van der Waals surface area contributed by atoms with Gasteiger partial charge in [0.05, 0.1) is 30.9 Å². The molecular weight excluding hydrogens is 446 g/mol. The molecule has 0 unspecified atom stereocenters. The summed E-state index contributed by atoms with van der Waals surface area (Å²) < 4.78 is 11.8. The number of carbonyl (C=O) groups excluding carboxylic acids is 1. The second kappa shape index (κ2) is 8.20. The minimum Gasteiger partial charge on any atom is -0.493 e. The number of methoxy groups -OCH3 is 2. The molecule has 0 aliphatic carbocycles. The smallest absolute Gasteiger partial charge is 0.286 e. The number of hydrogen-bond acceptors (Lipinski definition) is 8. The highest BCUT2D eigenvalue weighted by Gasteiger charge is 2.25. The molecule has 2 aromatic heterocycles. The van der Waals surface area contributed by atoms with Crippen molar-refractivity contribution in [3.05, 3.63) is 62.5 Å². The van der Waals surface area contributed by atoms with Crippen LogP contribution in [-0.2, 0) is 0 Å². The van der Waals surface area contributed by atoms with Gasteiger partial charge in [0, 0.05) is 22.0 Å². The van der Waals surface area contributed by atoms with Crippen LogP contribution in [0.2, 0.25) is 5.02 Å². The Labute approximate surface area is 184 Å². The third-order valence-corrected chi connectivity index (χ3v) is 5.46. The fourth-order valence-electron chi connectivity index (χ4n) is 2.92. The van der Waals surface area contributed by atoms with Gasteiger partial charge in [-0.15, -0.1) is 16.4 Å². The number of aromatic nitrogens is 3. The van der Waals surface area contributed by atoms with Crippen LogP contribution in [0.25, 0.3) is 16.2 Å². The first-order chi connectivity index (χ1) is 14.9. The highest BCUT2D eigenvalue weighted by molar-refractivity contribution is 7.15. The number of hydrogen-bond donors (Lipinski definition) is 1. The topological polar surface area (TPSA) is 121 Å². The maximum atomic E-state index is 12.8. The number of halogens is 1. The van der Waals surface area contributed by atoms with E-state index >= 15 is 0 Å². The molecule has 0 aliphatic rings. The zero-order valence-electron chi connectivity index (χ0n) is 16.2. The van der Waals surface area contributed by atoms with Crippen molar-refractivity contribution in [3.8, 4) is 22.8 Å². The summed E-state index contributed by atoms with van der Waals surface area (Å²) in [6.07, 6.45) is 0. The van der Waals surface area contributed by atoms with Crippen LogP contribution in [0.15, 0.2) is 41.8 Å². The lowest BCUT2D eigenvalue weighted by molar-refractivity contribution is -0.385. The molecule has 1 amide bonds. The number of ether oxygens (including phenoxy) is 2. The highest BCUT2D eigenvalue weighted by atomic mass is 35.5. The Hall–Kier alpha value is -3.70. The van der Waals surface area contributed by atoms with Gasteiger partial charge >= 0.3 is 0 Å². The minimum absolute atomic E-state index is 0.0103. The second-order valence-corrected chi connectivity index (χ2v) is 7.47. The summed E-state index contributed by atoms with van der Waals surface area (Å²) in [5.41, 5.74) is 0.993. The van der Waals surface area contributed by atoms with Crippen molar-refractivity contribution in [2.75, 3.05) is 19.5 Å². The van der Waals surface area contributed by atoms with Gasteiger partial charge in [-0.05, 0) is 12.1 Å². The predicted octanol–water partition coefficient (Wildman–Crippen LogP) is 4.29. The quantitative estimate of drug-likeness (QED) is 0.337. The number of nitro benzene ring substituents is 1. The monoisotopic (exact) mass is 459 g/mol. The molecule has 0 saturated carbocycles. The van der Waals surface area contributed by atoms with Crippen molar-refractivity contribution in [1.82, 2.24) is 14.6 Å². The molecule has 0 spiro atoms. The lowest BCUT2D eigenvalue weighted by atomic mass is 10.1. The molecule has 0 saturated heterocycles. The molecule has 10 nitrogen and oxygen atoms in total. The summed E-state index contributed by atoms with van der Waals surface area (Å²) in [7, 11) is 2.72. The van der Waals surface area contributed by atoms with E-state index in [1.165, 1.54) is 31.6 Å². The molecule has 12 heteroatoms. The number of anilines is 1. The number of carbonyl (C=O) groups is 1. The van der Waals surface area contributed by atoms with Crippen LogP contribution < -0.4 is 14.8 Å². The van der Waals surface area contributed by atoms with E-state index in [9.17, 15) is 14.9 Å². The summed E-state index contributed by atoms with van der Waals surface area (Å²) in [5.74, 6) is -0.420. The predicted molar refractivity (Wildman–Crippen MR) is 115 cm³/mol. The summed E-state index contributed by atoms with van der Waals surface area (Å²) in [5, 5.41) is 20.8. The first kappa shape index (κ1) is 20.6.